The van der Waals surface area contributed by atoms with E-state index in [0.29, 0.717) is 0 Å². The number of nitrogens with zero attached hydrogens (tertiary/aromatic N) is 3. The van der Waals surface area contributed by atoms with E-state index in [0.717, 1.165) is 23.6 Å². The molecule has 2 aromatic heterocycles. The van der Waals surface area contributed by atoms with Crippen LogP contribution in [0.3, 0.4) is 0 Å². The van der Waals surface area contributed by atoms with Crippen molar-refractivity contribution in [2.45, 2.75) is 27.3 Å². The predicted molar refractivity (Wildman–Crippen MR) is 69.0 cm³/mol. The third-order valence-electron chi connectivity index (χ3n) is 3.04. The Hall–Kier alpha value is -1.84. The number of hydrogen-bond donors (Lipinski definition) is 1. The van der Waals surface area contributed by atoms with Crippen molar-refractivity contribution in [2.24, 2.45) is 7.05 Å². The van der Waals surface area contributed by atoms with Gasteiger partial charge in [0.05, 0.1) is 17.6 Å². The quantitative estimate of drug-likeness (QED) is 0.880. The molecule has 0 aliphatic rings. The van der Waals surface area contributed by atoms with Gasteiger partial charge in [-0.25, -0.2) is 0 Å². The monoisotopic (exact) mass is 230 g/mol. The first-order valence-corrected chi connectivity index (χ1v) is 5.73. The van der Waals surface area contributed by atoms with Crippen molar-refractivity contribution in [2.75, 3.05) is 5.32 Å². The van der Waals surface area contributed by atoms with Gasteiger partial charge in [-0.3, -0.25) is 9.67 Å². The fourth-order valence-corrected chi connectivity index (χ4v) is 1.84. The molecule has 0 saturated heterocycles. The third kappa shape index (κ3) is 2.46. The van der Waals surface area contributed by atoms with Crippen LogP contribution in [0.4, 0.5) is 5.69 Å². The highest BCUT2D eigenvalue weighted by Crippen LogP contribution is 2.14. The second-order valence-corrected chi connectivity index (χ2v) is 4.31. The molecule has 2 rings (SSSR count). The second kappa shape index (κ2) is 4.57. The number of anilines is 1. The Kier molecular flexibility index (Phi) is 3.13. The third-order valence-corrected chi connectivity index (χ3v) is 3.04. The summed E-state index contributed by atoms with van der Waals surface area (Å²) in [6.07, 6.45) is 1.86. The van der Waals surface area contributed by atoms with E-state index in [4.69, 9.17) is 0 Å². The fraction of sp³-hybridized carbons (Fsp3) is 0.385. The van der Waals surface area contributed by atoms with Crippen LogP contribution in [0.1, 0.15) is 22.6 Å². The van der Waals surface area contributed by atoms with Crippen molar-refractivity contribution in [1.82, 2.24) is 14.8 Å². The Bertz CT molecular complexity index is 511. The van der Waals surface area contributed by atoms with Crippen LogP contribution in [-0.2, 0) is 13.6 Å². The van der Waals surface area contributed by atoms with Gasteiger partial charge in [-0.15, -0.1) is 0 Å². The first-order chi connectivity index (χ1) is 8.08. The molecule has 17 heavy (non-hydrogen) atoms. The summed E-state index contributed by atoms with van der Waals surface area (Å²) < 4.78 is 1.92. The van der Waals surface area contributed by atoms with Gasteiger partial charge in [-0.1, -0.05) is 0 Å². The van der Waals surface area contributed by atoms with E-state index >= 15 is 0 Å². The van der Waals surface area contributed by atoms with Crippen molar-refractivity contribution in [3.8, 4) is 0 Å². The van der Waals surface area contributed by atoms with Crippen LogP contribution in [0.15, 0.2) is 18.3 Å². The number of aryl methyl sites for hydroxylation is 3. The van der Waals surface area contributed by atoms with Crippen molar-refractivity contribution in [1.29, 1.82) is 0 Å². The van der Waals surface area contributed by atoms with Gasteiger partial charge in [-0.2, -0.15) is 5.10 Å². The average Bonchev–Trinajstić information content (AvgIpc) is 2.54. The maximum Gasteiger partial charge on any atom is 0.0646 e. The zero-order valence-corrected chi connectivity index (χ0v) is 10.8. The summed E-state index contributed by atoms with van der Waals surface area (Å²) in [6.45, 7) is 6.90. The zero-order chi connectivity index (χ0) is 12.4. The maximum atomic E-state index is 4.40. The van der Waals surface area contributed by atoms with Crippen LogP contribution in [0, 0.1) is 20.8 Å². The van der Waals surface area contributed by atoms with Crippen LogP contribution in [0.5, 0.6) is 0 Å². The molecule has 0 aliphatic heterocycles. The molecule has 2 heterocycles. The summed E-state index contributed by atoms with van der Waals surface area (Å²) in [5.41, 5.74) is 5.61. The minimum atomic E-state index is 0.788. The summed E-state index contributed by atoms with van der Waals surface area (Å²) in [4.78, 5) is 4.26. The van der Waals surface area contributed by atoms with Gasteiger partial charge in [0, 0.05) is 30.5 Å². The Morgan fingerprint density at radius 3 is 2.53 bits per heavy atom. The standard InChI is InChI=1S/C13H18N4/c1-9-5-6-12(7-14-9)15-8-13-10(2)16-17(4)11(13)3/h5-7,15H,8H2,1-4H3. The minimum absolute atomic E-state index is 0.788. The van der Waals surface area contributed by atoms with E-state index in [2.05, 4.69) is 22.3 Å². The number of pyridine rings is 1. The van der Waals surface area contributed by atoms with Crippen LogP contribution in [0.2, 0.25) is 0 Å². The van der Waals surface area contributed by atoms with Gasteiger partial charge < -0.3 is 5.32 Å². The number of hydrogen-bond acceptors (Lipinski definition) is 3. The zero-order valence-electron chi connectivity index (χ0n) is 10.8. The first-order valence-electron chi connectivity index (χ1n) is 5.73. The molecule has 0 fully saturated rings. The molecule has 0 saturated carbocycles. The molecule has 90 valence electrons. The van der Waals surface area contributed by atoms with Gasteiger partial charge >= 0.3 is 0 Å². The van der Waals surface area contributed by atoms with Gasteiger partial charge in [0.2, 0.25) is 0 Å². The molecular formula is C13H18N4. The highest BCUT2D eigenvalue weighted by atomic mass is 15.3. The van der Waals surface area contributed by atoms with E-state index < -0.39 is 0 Å². The van der Waals surface area contributed by atoms with Gasteiger partial charge in [0.1, 0.15) is 0 Å². The largest absolute Gasteiger partial charge is 0.380 e. The van der Waals surface area contributed by atoms with Crippen molar-refractivity contribution < 1.29 is 0 Å². The van der Waals surface area contributed by atoms with E-state index in [-0.39, 0.29) is 0 Å². The summed E-state index contributed by atoms with van der Waals surface area (Å²) >= 11 is 0. The fourth-order valence-electron chi connectivity index (χ4n) is 1.84. The Labute approximate surface area is 102 Å². The lowest BCUT2D eigenvalue weighted by molar-refractivity contribution is 0.730. The SMILES string of the molecule is Cc1ccc(NCc2c(C)nn(C)c2C)cn1. The number of aromatic nitrogens is 3. The second-order valence-electron chi connectivity index (χ2n) is 4.31. The van der Waals surface area contributed by atoms with E-state index in [1.54, 1.807) is 0 Å². The average molecular weight is 230 g/mol. The summed E-state index contributed by atoms with van der Waals surface area (Å²) in [5.74, 6) is 0. The lowest BCUT2D eigenvalue weighted by Gasteiger charge is -2.06. The molecule has 0 aliphatic carbocycles. The Morgan fingerprint density at radius 1 is 1.24 bits per heavy atom. The molecule has 2 aromatic rings. The van der Waals surface area contributed by atoms with Crippen LogP contribution >= 0.6 is 0 Å². The van der Waals surface area contributed by atoms with Gasteiger partial charge in [-0.05, 0) is 32.9 Å². The lowest BCUT2D eigenvalue weighted by Crippen LogP contribution is -2.02. The number of nitrogens with one attached hydrogen (secondary N) is 1. The maximum absolute atomic E-state index is 4.40. The molecular weight excluding hydrogens is 212 g/mol. The molecule has 4 nitrogen and oxygen atoms in total. The molecule has 0 amide bonds. The molecule has 0 unspecified atom stereocenters. The Balaban J connectivity index is 2.09. The van der Waals surface area contributed by atoms with Crippen molar-refractivity contribution in [3.05, 3.63) is 41.0 Å². The highest BCUT2D eigenvalue weighted by molar-refractivity contribution is 5.42. The Morgan fingerprint density at radius 2 is 2.00 bits per heavy atom. The van der Waals surface area contributed by atoms with E-state index in [1.165, 1.54) is 11.3 Å². The molecule has 0 aromatic carbocycles. The van der Waals surface area contributed by atoms with E-state index in [9.17, 15) is 0 Å². The summed E-state index contributed by atoms with van der Waals surface area (Å²) in [6, 6.07) is 4.05. The van der Waals surface area contributed by atoms with Gasteiger partial charge in [0.15, 0.2) is 0 Å². The number of rotatable bonds is 3. The predicted octanol–water partition coefficient (Wildman–Crippen LogP) is 2.35. The van der Waals surface area contributed by atoms with Crippen molar-refractivity contribution in [3.63, 3.8) is 0 Å². The minimum Gasteiger partial charge on any atom is -0.380 e. The normalized spacial score (nSPS) is 10.6. The first kappa shape index (κ1) is 11.6. The molecule has 0 atom stereocenters. The lowest BCUT2D eigenvalue weighted by atomic mass is 10.2. The molecule has 4 heteroatoms. The topological polar surface area (TPSA) is 42.7 Å². The van der Waals surface area contributed by atoms with Crippen LogP contribution < -0.4 is 5.32 Å². The molecule has 0 radical (unpaired) electrons. The van der Waals surface area contributed by atoms with Gasteiger partial charge in [0.25, 0.3) is 0 Å². The van der Waals surface area contributed by atoms with Crippen molar-refractivity contribution >= 4 is 5.69 Å². The highest BCUT2D eigenvalue weighted by Gasteiger charge is 2.08. The smallest absolute Gasteiger partial charge is 0.0646 e. The summed E-state index contributed by atoms with van der Waals surface area (Å²) in [5, 5.41) is 7.77. The molecule has 0 bridgehead atoms. The van der Waals surface area contributed by atoms with Crippen LogP contribution in [0.25, 0.3) is 0 Å². The molecule has 1 N–H and O–H groups in total. The van der Waals surface area contributed by atoms with E-state index in [1.807, 2.05) is 43.9 Å². The van der Waals surface area contributed by atoms with Crippen LogP contribution in [-0.4, -0.2) is 14.8 Å². The summed E-state index contributed by atoms with van der Waals surface area (Å²) in [7, 11) is 1.97. The molecule has 0 spiro atoms.